The van der Waals surface area contributed by atoms with Gasteiger partial charge in [-0.15, -0.1) is 0 Å². The second-order valence-electron chi connectivity index (χ2n) is 6.41. The van der Waals surface area contributed by atoms with Crippen LogP contribution >= 0.6 is 0 Å². The Morgan fingerprint density at radius 1 is 1.15 bits per heavy atom. The number of para-hydroxylation sites is 1. The van der Waals surface area contributed by atoms with Crippen LogP contribution in [0.2, 0.25) is 0 Å². The van der Waals surface area contributed by atoms with Gasteiger partial charge in [0.15, 0.2) is 0 Å². The normalized spacial score (nSPS) is 13.3. The average Bonchev–Trinajstić information content (AvgIpc) is 2.65. The molecule has 0 aliphatic carbocycles. The zero-order chi connectivity index (χ0) is 15.1. The first-order chi connectivity index (χ1) is 9.12. The second-order valence-corrected chi connectivity index (χ2v) is 7.96. The van der Waals surface area contributed by atoms with Crippen molar-refractivity contribution in [3.05, 3.63) is 36.0 Å². The molecule has 2 aromatic rings. The molecule has 1 N–H and O–H groups in total. The van der Waals surface area contributed by atoms with E-state index in [1.807, 2.05) is 45.0 Å². The SMILES string of the molecule is CC(C)c1cn(S(=O)(=O)NC(C)(C)C)c2ccccc12. The summed E-state index contributed by atoms with van der Waals surface area (Å²) in [5, 5.41) is 0.988. The molecule has 2 rings (SSSR count). The molecule has 1 aromatic carbocycles. The molecule has 0 saturated heterocycles. The van der Waals surface area contributed by atoms with Gasteiger partial charge in [-0.25, -0.2) is 3.97 Å². The Kier molecular flexibility index (Phi) is 3.69. The monoisotopic (exact) mass is 294 g/mol. The van der Waals surface area contributed by atoms with Gasteiger partial charge in [-0.05, 0) is 38.3 Å². The van der Waals surface area contributed by atoms with Crippen molar-refractivity contribution < 1.29 is 8.42 Å². The fourth-order valence-corrected chi connectivity index (χ4v) is 3.81. The minimum Gasteiger partial charge on any atom is -0.232 e. The molecule has 5 heteroatoms. The van der Waals surface area contributed by atoms with E-state index in [2.05, 4.69) is 18.6 Å². The first-order valence-electron chi connectivity index (χ1n) is 6.76. The van der Waals surface area contributed by atoms with Crippen LogP contribution in [-0.2, 0) is 10.2 Å². The summed E-state index contributed by atoms with van der Waals surface area (Å²) in [6.07, 6.45) is 1.73. The van der Waals surface area contributed by atoms with Gasteiger partial charge in [0, 0.05) is 17.1 Å². The lowest BCUT2D eigenvalue weighted by Gasteiger charge is -2.21. The number of hydrogen-bond donors (Lipinski definition) is 1. The number of benzene rings is 1. The van der Waals surface area contributed by atoms with Crippen molar-refractivity contribution in [2.24, 2.45) is 0 Å². The summed E-state index contributed by atoms with van der Waals surface area (Å²) in [5.74, 6) is 0.269. The van der Waals surface area contributed by atoms with Crippen molar-refractivity contribution in [2.45, 2.75) is 46.1 Å². The Hall–Kier alpha value is -1.33. The van der Waals surface area contributed by atoms with Crippen LogP contribution in [0.5, 0.6) is 0 Å². The summed E-state index contributed by atoms with van der Waals surface area (Å²) in [4.78, 5) is 0. The first kappa shape index (κ1) is 15.1. The summed E-state index contributed by atoms with van der Waals surface area (Å²) < 4.78 is 29.1. The maximum atomic E-state index is 12.5. The van der Waals surface area contributed by atoms with E-state index in [-0.39, 0.29) is 5.92 Å². The molecular formula is C15H22N2O2S. The molecule has 0 spiro atoms. The smallest absolute Gasteiger partial charge is 0.232 e. The average molecular weight is 294 g/mol. The third-order valence-electron chi connectivity index (χ3n) is 3.02. The zero-order valence-corrected chi connectivity index (χ0v) is 13.5. The number of rotatable bonds is 3. The molecule has 0 aliphatic heterocycles. The van der Waals surface area contributed by atoms with Gasteiger partial charge < -0.3 is 0 Å². The summed E-state index contributed by atoms with van der Waals surface area (Å²) in [6, 6.07) is 7.59. The van der Waals surface area contributed by atoms with Crippen LogP contribution in [0.4, 0.5) is 0 Å². The Morgan fingerprint density at radius 2 is 1.75 bits per heavy atom. The highest BCUT2D eigenvalue weighted by Crippen LogP contribution is 2.28. The highest BCUT2D eigenvalue weighted by atomic mass is 32.2. The highest BCUT2D eigenvalue weighted by Gasteiger charge is 2.24. The summed E-state index contributed by atoms with van der Waals surface area (Å²) in [5.41, 5.74) is 1.25. The van der Waals surface area contributed by atoms with E-state index in [1.165, 1.54) is 3.97 Å². The van der Waals surface area contributed by atoms with Gasteiger partial charge in [-0.1, -0.05) is 32.0 Å². The largest absolute Gasteiger partial charge is 0.305 e. The maximum absolute atomic E-state index is 12.5. The highest BCUT2D eigenvalue weighted by molar-refractivity contribution is 7.88. The summed E-state index contributed by atoms with van der Waals surface area (Å²) in [6.45, 7) is 9.63. The molecular weight excluding hydrogens is 272 g/mol. The number of fused-ring (bicyclic) bond motifs is 1. The van der Waals surface area contributed by atoms with Crippen LogP contribution in [-0.4, -0.2) is 17.9 Å². The van der Waals surface area contributed by atoms with Gasteiger partial charge >= 0.3 is 10.2 Å². The van der Waals surface area contributed by atoms with Crippen LogP contribution in [0.25, 0.3) is 10.9 Å². The standard InChI is InChI=1S/C15H22N2O2S/c1-11(2)13-10-17(14-9-7-6-8-12(13)14)20(18,19)16-15(3,4)5/h6-11,16H,1-5H3. The second kappa shape index (κ2) is 4.90. The molecule has 0 aliphatic rings. The van der Waals surface area contributed by atoms with E-state index >= 15 is 0 Å². The molecule has 0 fully saturated rings. The molecule has 1 aromatic heterocycles. The lowest BCUT2D eigenvalue weighted by Crippen LogP contribution is -2.43. The minimum absolute atomic E-state index is 0.269. The van der Waals surface area contributed by atoms with Crippen molar-refractivity contribution in [3.8, 4) is 0 Å². The Labute approximate surface area is 121 Å². The van der Waals surface area contributed by atoms with Crippen LogP contribution in [0.3, 0.4) is 0 Å². The zero-order valence-electron chi connectivity index (χ0n) is 12.6. The molecule has 0 saturated carbocycles. The van der Waals surface area contributed by atoms with Crippen molar-refractivity contribution >= 4 is 21.1 Å². The van der Waals surface area contributed by atoms with Crippen LogP contribution in [0, 0.1) is 0 Å². The van der Waals surface area contributed by atoms with Gasteiger partial charge in [0.05, 0.1) is 5.52 Å². The lowest BCUT2D eigenvalue weighted by atomic mass is 10.0. The molecule has 0 atom stereocenters. The predicted octanol–water partition coefficient (Wildman–Crippen LogP) is 3.25. The third-order valence-corrected chi connectivity index (χ3v) is 4.72. The van der Waals surface area contributed by atoms with E-state index in [0.717, 1.165) is 10.9 Å². The molecule has 20 heavy (non-hydrogen) atoms. The number of aromatic nitrogens is 1. The quantitative estimate of drug-likeness (QED) is 0.944. The van der Waals surface area contributed by atoms with Crippen molar-refractivity contribution in [1.29, 1.82) is 0 Å². The first-order valence-corrected chi connectivity index (χ1v) is 8.20. The Bertz CT molecular complexity index is 722. The van der Waals surface area contributed by atoms with E-state index in [0.29, 0.717) is 5.52 Å². The predicted molar refractivity (Wildman–Crippen MR) is 83.2 cm³/mol. The Balaban J connectivity index is 2.67. The topological polar surface area (TPSA) is 51.1 Å². The van der Waals surface area contributed by atoms with Gasteiger partial charge in [0.25, 0.3) is 0 Å². The van der Waals surface area contributed by atoms with Crippen LogP contribution in [0.15, 0.2) is 30.5 Å². The van der Waals surface area contributed by atoms with Crippen LogP contribution in [0.1, 0.15) is 46.1 Å². The fourth-order valence-electron chi connectivity index (χ4n) is 2.27. The molecule has 1 heterocycles. The molecule has 0 unspecified atom stereocenters. The fraction of sp³-hybridized carbons (Fsp3) is 0.467. The number of nitrogens with zero attached hydrogens (tertiary/aromatic N) is 1. The van der Waals surface area contributed by atoms with Crippen molar-refractivity contribution in [2.75, 3.05) is 0 Å². The van der Waals surface area contributed by atoms with Gasteiger partial charge in [0.1, 0.15) is 0 Å². The summed E-state index contributed by atoms with van der Waals surface area (Å²) >= 11 is 0. The molecule has 0 amide bonds. The van der Waals surface area contributed by atoms with Gasteiger partial charge in [0.2, 0.25) is 0 Å². The van der Waals surface area contributed by atoms with Gasteiger partial charge in [-0.3, -0.25) is 0 Å². The van der Waals surface area contributed by atoms with E-state index in [1.54, 1.807) is 6.20 Å². The summed E-state index contributed by atoms with van der Waals surface area (Å²) in [7, 11) is -3.59. The van der Waals surface area contributed by atoms with Crippen molar-refractivity contribution in [1.82, 2.24) is 8.69 Å². The molecule has 0 radical (unpaired) electrons. The van der Waals surface area contributed by atoms with E-state index < -0.39 is 15.7 Å². The molecule has 110 valence electrons. The van der Waals surface area contributed by atoms with E-state index in [4.69, 9.17) is 0 Å². The minimum atomic E-state index is -3.59. The van der Waals surface area contributed by atoms with Crippen LogP contribution < -0.4 is 4.72 Å². The third kappa shape index (κ3) is 2.88. The number of nitrogens with one attached hydrogen (secondary N) is 1. The maximum Gasteiger partial charge on any atom is 0.305 e. The number of hydrogen-bond acceptors (Lipinski definition) is 2. The Morgan fingerprint density at radius 3 is 2.30 bits per heavy atom. The molecule has 0 bridgehead atoms. The molecule has 4 nitrogen and oxygen atoms in total. The van der Waals surface area contributed by atoms with Gasteiger partial charge in [-0.2, -0.15) is 13.1 Å². The van der Waals surface area contributed by atoms with E-state index in [9.17, 15) is 8.42 Å². The lowest BCUT2D eigenvalue weighted by molar-refractivity contribution is 0.487. The van der Waals surface area contributed by atoms with Crippen molar-refractivity contribution in [3.63, 3.8) is 0 Å².